The van der Waals surface area contributed by atoms with Crippen LogP contribution in [0.25, 0.3) is 12.2 Å². The Labute approximate surface area is 190 Å². The number of nitrogens with one attached hydrogen (secondary N) is 1. The predicted octanol–water partition coefficient (Wildman–Crippen LogP) is 4.07. The smallest absolute Gasteiger partial charge is 0.354 e. The van der Waals surface area contributed by atoms with Crippen LogP contribution in [0.5, 0.6) is 11.5 Å². The summed E-state index contributed by atoms with van der Waals surface area (Å²) in [6, 6.07) is 14.7. The molecular weight excluding hydrogens is 430 g/mol. The lowest BCUT2D eigenvalue weighted by Gasteiger charge is -2.10. The van der Waals surface area contributed by atoms with Crippen molar-refractivity contribution in [1.82, 2.24) is 5.32 Å². The molecule has 8 heteroatoms. The summed E-state index contributed by atoms with van der Waals surface area (Å²) in [5.74, 6) is -1.17. The van der Waals surface area contributed by atoms with Crippen molar-refractivity contribution in [2.24, 2.45) is 0 Å². The van der Waals surface area contributed by atoms with Crippen LogP contribution in [0.3, 0.4) is 0 Å². The molecule has 0 aliphatic rings. The van der Waals surface area contributed by atoms with Crippen molar-refractivity contribution in [3.8, 4) is 23.6 Å². The molecule has 0 unspecified atom stereocenters. The van der Waals surface area contributed by atoms with Crippen LogP contribution >= 0.6 is 11.6 Å². The Kier molecular flexibility index (Phi) is 8.79. The van der Waals surface area contributed by atoms with Gasteiger partial charge >= 0.3 is 5.97 Å². The average molecular weight is 448 g/mol. The van der Waals surface area contributed by atoms with Crippen LogP contribution < -0.4 is 14.8 Å². The fourth-order valence-corrected chi connectivity index (χ4v) is 2.58. The summed E-state index contributed by atoms with van der Waals surface area (Å²) < 4.78 is 10.6. The van der Waals surface area contributed by atoms with Gasteiger partial charge in [-0.15, -0.1) is 6.58 Å². The summed E-state index contributed by atoms with van der Waals surface area (Å²) >= 11 is 5.84. The zero-order valence-electron chi connectivity index (χ0n) is 17.1. The molecule has 0 saturated carbocycles. The van der Waals surface area contributed by atoms with Gasteiger partial charge in [0, 0.05) is 11.6 Å². The highest BCUT2D eigenvalue weighted by Crippen LogP contribution is 2.30. The molecule has 32 heavy (non-hydrogen) atoms. The van der Waals surface area contributed by atoms with Crippen LogP contribution in [0.15, 0.2) is 66.3 Å². The van der Waals surface area contributed by atoms with Gasteiger partial charge in [0.2, 0.25) is 0 Å². The molecule has 0 aliphatic heterocycles. The lowest BCUT2D eigenvalue weighted by atomic mass is 10.1. The largest absolute Gasteiger partial charge is 0.493 e. The second-order valence-corrected chi connectivity index (χ2v) is 6.63. The number of rotatable bonds is 8. The van der Waals surface area contributed by atoms with E-state index in [4.69, 9.17) is 21.1 Å². The first-order chi connectivity index (χ1) is 15.4. The molecule has 0 aliphatic carbocycles. The van der Waals surface area contributed by atoms with Crippen LogP contribution in [0.4, 0.5) is 0 Å². The van der Waals surface area contributed by atoms with Gasteiger partial charge in [-0.25, -0.2) is 4.79 Å². The molecule has 0 radical (unpaired) electrons. The van der Waals surface area contributed by atoms with Gasteiger partial charge in [0.25, 0.3) is 5.91 Å². The van der Waals surface area contributed by atoms with Crippen molar-refractivity contribution < 1.29 is 19.1 Å². The summed E-state index contributed by atoms with van der Waals surface area (Å²) in [7, 11) is 1.37. The number of methoxy groups -OCH3 is 1. The standard InChI is InChI=1S/C24H18ClN3O4/c1-3-10-28-23(29)18(14-26)12-17-6-9-21(22(13-17)31-2)32-24(30)19(15-27)11-16-4-7-20(25)8-5-16/h3-9,11-13H,1,10H2,2H3,(H,28,29)/b18-12+,19-11-. The van der Waals surface area contributed by atoms with Gasteiger partial charge in [-0.2, -0.15) is 10.5 Å². The summed E-state index contributed by atoms with van der Waals surface area (Å²) in [4.78, 5) is 24.5. The summed E-state index contributed by atoms with van der Waals surface area (Å²) in [6.45, 7) is 3.72. The molecule has 1 amide bonds. The van der Waals surface area contributed by atoms with Crippen molar-refractivity contribution in [2.45, 2.75) is 0 Å². The summed E-state index contributed by atoms with van der Waals surface area (Å²) in [5, 5.41) is 21.6. The molecule has 0 saturated heterocycles. The van der Waals surface area contributed by atoms with Crippen molar-refractivity contribution in [1.29, 1.82) is 10.5 Å². The third-order valence-electron chi connectivity index (χ3n) is 3.99. The first-order valence-corrected chi connectivity index (χ1v) is 9.58. The Morgan fingerprint density at radius 2 is 1.66 bits per heavy atom. The van der Waals surface area contributed by atoms with E-state index in [0.717, 1.165) is 0 Å². The third-order valence-corrected chi connectivity index (χ3v) is 4.25. The van der Waals surface area contributed by atoms with Crippen LogP contribution in [0.2, 0.25) is 5.02 Å². The summed E-state index contributed by atoms with van der Waals surface area (Å²) in [5.41, 5.74) is 0.749. The fraction of sp³-hybridized carbons (Fsp3) is 0.0833. The van der Waals surface area contributed by atoms with E-state index in [9.17, 15) is 20.1 Å². The van der Waals surface area contributed by atoms with E-state index in [0.29, 0.717) is 16.1 Å². The minimum absolute atomic E-state index is 0.0709. The molecule has 2 aromatic carbocycles. The van der Waals surface area contributed by atoms with Crippen molar-refractivity contribution in [2.75, 3.05) is 13.7 Å². The number of benzene rings is 2. The van der Waals surface area contributed by atoms with Crippen molar-refractivity contribution >= 4 is 35.6 Å². The first-order valence-electron chi connectivity index (χ1n) is 9.20. The zero-order valence-corrected chi connectivity index (χ0v) is 17.8. The number of hydrogen-bond donors (Lipinski definition) is 1. The Morgan fingerprint density at radius 1 is 1.03 bits per heavy atom. The number of carbonyl (C=O) groups excluding carboxylic acids is 2. The highest BCUT2D eigenvalue weighted by molar-refractivity contribution is 6.30. The average Bonchev–Trinajstić information content (AvgIpc) is 2.81. The summed E-state index contributed by atoms with van der Waals surface area (Å²) in [6.07, 6.45) is 4.24. The normalized spacial score (nSPS) is 11.0. The Bertz CT molecular complexity index is 1170. The van der Waals surface area contributed by atoms with Gasteiger partial charge in [-0.3, -0.25) is 4.79 Å². The fourth-order valence-electron chi connectivity index (χ4n) is 2.45. The topological polar surface area (TPSA) is 112 Å². The monoisotopic (exact) mass is 447 g/mol. The molecule has 0 spiro atoms. The van der Waals surface area contributed by atoms with Gasteiger partial charge in [0.1, 0.15) is 23.3 Å². The molecule has 2 aromatic rings. The van der Waals surface area contributed by atoms with E-state index < -0.39 is 11.9 Å². The first kappa shape index (κ1) is 23.9. The van der Waals surface area contributed by atoms with Crippen LogP contribution in [-0.4, -0.2) is 25.5 Å². The number of hydrogen-bond acceptors (Lipinski definition) is 6. The molecule has 0 atom stereocenters. The molecule has 2 rings (SSSR count). The second kappa shape index (κ2) is 11.8. The van der Waals surface area contributed by atoms with Gasteiger partial charge in [0.05, 0.1) is 7.11 Å². The quantitative estimate of drug-likeness (QED) is 0.214. The Balaban J connectivity index is 2.26. The van der Waals surface area contributed by atoms with Gasteiger partial charge in [-0.1, -0.05) is 35.9 Å². The van der Waals surface area contributed by atoms with E-state index >= 15 is 0 Å². The van der Waals surface area contributed by atoms with Crippen LogP contribution in [0, 0.1) is 22.7 Å². The minimum atomic E-state index is -0.870. The molecule has 0 fully saturated rings. The molecule has 0 aromatic heterocycles. The molecule has 1 N–H and O–H groups in total. The maximum Gasteiger partial charge on any atom is 0.354 e. The number of nitrogens with zero attached hydrogens (tertiary/aromatic N) is 2. The molecule has 7 nitrogen and oxygen atoms in total. The maximum atomic E-state index is 12.5. The number of esters is 1. The Hall–Kier alpha value is -4.33. The number of amides is 1. The van der Waals surface area contributed by atoms with E-state index in [1.807, 2.05) is 12.1 Å². The lowest BCUT2D eigenvalue weighted by Crippen LogP contribution is -2.24. The zero-order chi connectivity index (χ0) is 23.5. The van der Waals surface area contributed by atoms with E-state index in [2.05, 4.69) is 11.9 Å². The molecule has 0 bridgehead atoms. The minimum Gasteiger partial charge on any atom is -0.493 e. The van der Waals surface area contributed by atoms with Crippen molar-refractivity contribution in [3.05, 3.63) is 82.4 Å². The van der Waals surface area contributed by atoms with Crippen molar-refractivity contribution in [3.63, 3.8) is 0 Å². The third kappa shape index (κ3) is 6.60. The van der Waals surface area contributed by atoms with Crippen LogP contribution in [0.1, 0.15) is 11.1 Å². The number of ether oxygens (including phenoxy) is 2. The SMILES string of the molecule is C=CCNC(=O)/C(C#N)=C/c1ccc(OC(=O)/C(C#N)=C\c2ccc(Cl)cc2)c(OC)c1. The van der Waals surface area contributed by atoms with Gasteiger partial charge in [0.15, 0.2) is 11.5 Å². The molecule has 0 heterocycles. The van der Waals surface area contributed by atoms with Gasteiger partial charge < -0.3 is 14.8 Å². The highest BCUT2D eigenvalue weighted by Gasteiger charge is 2.16. The predicted molar refractivity (Wildman–Crippen MR) is 120 cm³/mol. The van der Waals surface area contributed by atoms with E-state index in [-0.39, 0.29) is 29.2 Å². The van der Waals surface area contributed by atoms with E-state index in [1.165, 1.54) is 43.5 Å². The number of nitriles is 2. The Morgan fingerprint density at radius 3 is 2.25 bits per heavy atom. The number of carbonyl (C=O) groups is 2. The van der Waals surface area contributed by atoms with Crippen LogP contribution in [-0.2, 0) is 9.59 Å². The number of halogens is 1. The van der Waals surface area contributed by atoms with E-state index in [1.54, 1.807) is 24.3 Å². The molecular formula is C24H18ClN3O4. The maximum absolute atomic E-state index is 12.5. The second-order valence-electron chi connectivity index (χ2n) is 6.19. The van der Waals surface area contributed by atoms with Gasteiger partial charge in [-0.05, 0) is 47.5 Å². The molecule has 160 valence electrons. The highest BCUT2D eigenvalue weighted by atomic mass is 35.5. The lowest BCUT2D eigenvalue weighted by molar-refractivity contribution is -0.129.